The number of aromatic nitrogens is 2. The van der Waals surface area contributed by atoms with E-state index in [4.69, 9.17) is 5.73 Å². The van der Waals surface area contributed by atoms with E-state index in [1.54, 1.807) is 12.3 Å². The number of hydrogen-bond donors (Lipinski definition) is 1. The molecule has 2 aromatic heterocycles. The van der Waals surface area contributed by atoms with Crippen LogP contribution < -0.4 is 5.73 Å². The summed E-state index contributed by atoms with van der Waals surface area (Å²) in [5.74, 6) is -0.221. The van der Waals surface area contributed by atoms with Gasteiger partial charge >= 0.3 is 0 Å². The van der Waals surface area contributed by atoms with Crippen molar-refractivity contribution in [2.24, 2.45) is 5.73 Å². The standard InChI is InChI=1S/C15H14FN3/c16-13-4-1-3-11(7-13)9-19-10-12(8-17)14-5-2-6-18-15(14)19/h1-7,10H,8-9,17H2. The predicted octanol–water partition coefficient (Wildman–Crippen LogP) is 2.68. The molecular formula is C15H14FN3. The zero-order chi connectivity index (χ0) is 13.2. The van der Waals surface area contributed by atoms with Crippen molar-refractivity contribution in [2.75, 3.05) is 0 Å². The van der Waals surface area contributed by atoms with Crippen LogP contribution >= 0.6 is 0 Å². The van der Waals surface area contributed by atoms with Gasteiger partial charge in [0.05, 0.1) is 0 Å². The van der Waals surface area contributed by atoms with E-state index < -0.39 is 0 Å². The Balaban J connectivity index is 2.06. The molecule has 0 amide bonds. The number of nitrogens with two attached hydrogens (primary N) is 1. The summed E-state index contributed by atoms with van der Waals surface area (Å²) in [6, 6.07) is 10.5. The summed E-state index contributed by atoms with van der Waals surface area (Å²) >= 11 is 0. The van der Waals surface area contributed by atoms with Crippen LogP contribution in [0, 0.1) is 5.82 Å². The lowest BCUT2D eigenvalue weighted by Gasteiger charge is -2.04. The number of fused-ring (bicyclic) bond motifs is 1. The minimum Gasteiger partial charge on any atom is -0.328 e. The van der Waals surface area contributed by atoms with Crippen molar-refractivity contribution < 1.29 is 4.39 Å². The van der Waals surface area contributed by atoms with Crippen LogP contribution in [0.3, 0.4) is 0 Å². The van der Waals surface area contributed by atoms with Gasteiger partial charge < -0.3 is 10.3 Å². The average molecular weight is 255 g/mol. The maximum absolute atomic E-state index is 13.2. The van der Waals surface area contributed by atoms with Gasteiger partial charge in [0.1, 0.15) is 11.5 Å². The molecule has 3 rings (SSSR count). The molecule has 0 spiro atoms. The zero-order valence-corrected chi connectivity index (χ0v) is 10.4. The highest BCUT2D eigenvalue weighted by Crippen LogP contribution is 2.20. The van der Waals surface area contributed by atoms with Crippen LogP contribution in [-0.2, 0) is 13.1 Å². The first-order valence-corrected chi connectivity index (χ1v) is 6.15. The van der Waals surface area contributed by atoms with Gasteiger partial charge in [-0.3, -0.25) is 0 Å². The number of rotatable bonds is 3. The zero-order valence-electron chi connectivity index (χ0n) is 10.4. The van der Waals surface area contributed by atoms with E-state index in [1.165, 1.54) is 12.1 Å². The van der Waals surface area contributed by atoms with Crippen LogP contribution in [-0.4, -0.2) is 9.55 Å². The molecule has 0 saturated carbocycles. The predicted molar refractivity (Wildman–Crippen MR) is 73.1 cm³/mol. The van der Waals surface area contributed by atoms with Crippen molar-refractivity contribution >= 4 is 11.0 Å². The van der Waals surface area contributed by atoms with Crippen molar-refractivity contribution in [3.63, 3.8) is 0 Å². The lowest BCUT2D eigenvalue weighted by molar-refractivity contribution is 0.624. The third kappa shape index (κ3) is 2.22. The quantitative estimate of drug-likeness (QED) is 0.782. The number of pyridine rings is 1. The normalized spacial score (nSPS) is 11.1. The molecule has 0 saturated heterocycles. The molecular weight excluding hydrogens is 241 g/mol. The number of hydrogen-bond acceptors (Lipinski definition) is 2. The summed E-state index contributed by atoms with van der Waals surface area (Å²) in [5, 5.41) is 1.06. The van der Waals surface area contributed by atoms with Gasteiger partial charge in [-0.25, -0.2) is 9.37 Å². The Hall–Kier alpha value is -2.20. The highest BCUT2D eigenvalue weighted by Gasteiger charge is 2.08. The van der Waals surface area contributed by atoms with Crippen molar-refractivity contribution in [3.8, 4) is 0 Å². The Morgan fingerprint density at radius 3 is 2.89 bits per heavy atom. The third-order valence-electron chi connectivity index (χ3n) is 3.18. The van der Waals surface area contributed by atoms with Gasteiger partial charge in [-0.2, -0.15) is 0 Å². The molecule has 0 atom stereocenters. The average Bonchev–Trinajstić information content (AvgIpc) is 2.77. The van der Waals surface area contributed by atoms with Crippen molar-refractivity contribution in [2.45, 2.75) is 13.1 Å². The van der Waals surface area contributed by atoms with Crippen molar-refractivity contribution in [3.05, 3.63) is 65.7 Å². The maximum atomic E-state index is 13.2. The van der Waals surface area contributed by atoms with Gasteiger partial charge in [-0.15, -0.1) is 0 Å². The second-order valence-electron chi connectivity index (χ2n) is 4.49. The molecule has 0 fully saturated rings. The molecule has 2 N–H and O–H groups in total. The second-order valence-corrected chi connectivity index (χ2v) is 4.49. The lowest BCUT2D eigenvalue weighted by Crippen LogP contribution is -1.99. The Kier molecular flexibility index (Phi) is 3.01. The third-order valence-corrected chi connectivity index (χ3v) is 3.18. The maximum Gasteiger partial charge on any atom is 0.140 e. The number of nitrogens with zero attached hydrogens (tertiary/aromatic N) is 2. The summed E-state index contributed by atoms with van der Waals surface area (Å²) in [7, 11) is 0. The molecule has 4 heteroatoms. The summed E-state index contributed by atoms with van der Waals surface area (Å²) < 4.78 is 15.2. The first kappa shape index (κ1) is 11.9. The Morgan fingerprint density at radius 2 is 2.11 bits per heavy atom. The first-order chi connectivity index (χ1) is 9.28. The first-order valence-electron chi connectivity index (χ1n) is 6.15. The van der Waals surface area contributed by atoms with E-state index >= 15 is 0 Å². The van der Waals surface area contributed by atoms with Gasteiger partial charge in [0.15, 0.2) is 0 Å². The molecule has 0 aliphatic carbocycles. The van der Waals surface area contributed by atoms with Crippen LogP contribution in [0.2, 0.25) is 0 Å². The molecule has 0 radical (unpaired) electrons. The monoisotopic (exact) mass is 255 g/mol. The van der Waals surface area contributed by atoms with Gasteiger partial charge in [0.2, 0.25) is 0 Å². The number of halogens is 1. The summed E-state index contributed by atoms with van der Waals surface area (Å²) in [5.41, 5.74) is 8.59. The molecule has 1 aromatic carbocycles. The molecule has 2 heterocycles. The van der Waals surface area contributed by atoms with Crippen LogP contribution in [0.1, 0.15) is 11.1 Å². The molecule has 0 aliphatic heterocycles. The molecule has 0 unspecified atom stereocenters. The van der Waals surface area contributed by atoms with Gasteiger partial charge in [0, 0.05) is 30.9 Å². The molecule has 3 nitrogen and oxygen atoms in total. The van der Waals surface area contributed by atoms with Gasteiger partial charge in [0.25, 0.3) is 0 Å². The molecule has 3 aromatic rings. The van der Waals surface area contributed by atoms with E-state index in [1.807, 2.05) is 29.0 Å². The fourth-order valence-electron chi connectivity index (χ4n) is 2.31. The largest absolute Gasteiger partial charge is 0.328 e. The smallest absolute Gasteiger partial charge is 0.140 e. The highest BCUT2D eigenvalue weighted by molar-refractivity contribution is 5.80. The van der Waals surface area contributed by atoms with Crippen LogP contribution in [0.25, 0.3) is 11.0 Å². The summed E-state index contributed by atoms with van der Waals surface area (Å²) in [6.45, 7) is 1.06. The molecule has 19 heavy (non-hydrogen) atoms. The fraction of sp³-hybridized carbons (Fsp3) is 0.133. The SMILES string of the molecule is NCc1cn(Cc2cccc(F)c2)c2ncccc12. The molecule has 0 bridgehead atoms. The van der Waals surface area contributed by atoms with Crippen molar-refractivity contribution in [1.82, 2.24) is 9.55 Å². The van der Waals surface area contributed by atoms with E-state index in [9.17, 15) is 4.39 Å². The summed E-state index contributed by atoms with van der Waals surface area (Å²) in [4.78, 5) is 4.38. The Morgan fingerprint density at radius 1 is 1.21 bits per heavy atom. The number of benzene rings is 1. The molecule has 0 aliphatic rings. The van der Waals surface area contributed by atoms with E-state index in [-0.39, 0.29) is 5.82 Å². The van der Waals surface area contributed by atoms with E-state index in [0.29, 0.717) is 13.1 Å². The van der Waals surface area contributed by atoms with E-state index in [2.05, 4.69) is 4.98 Å². The Labute approximate surface area is 110 Å². The fourth-order valence-corrected chi connectivity index (χ4v) is 2.31. The lowest BCUT2D eigenvalue weighted by atomic mass is 10.2. The highest BCUT2D eigenvalue weighted by atomic mass is 19.1. The minimum absolute atomic E-state index is 0.221. The topological polar surface area (TPSA) is 43.8 Å². The van der Waals surface area contributed by atoms with Crippen LogP contribution in [0.4, 0.5) is 4.39 Å². The summed E-state index contributed by atoms with van der Waals surface area (Å²) in [6.07, 6.45) is 3.74. The molecule has 96 valence electrons. The second kappa shape index (κ2) is 4.82. The minimum atomic E-state index is -0.221. The van der Waals surface area contributed by atoms with Crippen LogP contribution in [0.15, 0.2) is 48.8 Å². The van der Waals surface area contributed by atoms with Crippen molar-refractivity contribution in [1.29, 1.82) is 0 Å². The van der Waals surface area contributed by atoms with Gasteiger partial charge in [-0.05, 0) is 35.4 Å². The van der Waals surface area contributed by atoms with Crippen LogP contribution in [0.5, 0.6) is 0 Å². The van der Waals surface area contributed by atoms with E-state index in [0.717, 1.165) is 22.2 Å². The Bertz CT molecular complexity index is 718. The van der Waals surface area contributed by atoms with Gasteiger partial charge in [-0.1, -0.05) is 12.1 Å².